The summed E-state index contributed by atoms with van der Waals surface area (Å²) < 4.78 is 5.82. The summed E-state index contributed by atoms with van der Waals surface area (Å²) in [6, 6.07) is 10.1. The number of nitrogens with one attached hydrogen (secondary N) is 1. The van der Waals surface area contributed by atoms with E-state index in [1.165, 1.54) is 5.56 Å². The van der Waals surface area contributed by atoms with Crippen molar-refractivity contribution in [1.29, 1.82) is 0 Å². The van der Waals surface area contributed by atoms with Crippen LogP contribution in [0.15, 0.2) is 47.1 Å². The summed E-state index contributed by atoms with van der Waals surface area (Å²) in [6.45, 7) is 5.29. The Hall–Kier alpha value is -2.24. The van der Waals surface area contributed by atoms with E-state index in [9.17, 15) is 0 Å². The fourth-order valence-corrected chi connectivity index (χ4v) is 2.81. The van der Waals surface area contributed by atoms with Gasteiger partial charge in [0.25, 0.3) is 0 Å². The van der Waals surface area contributed by atoms with Gasteiger partial charge in [0.15, 0.2) is 5.58 Å². The zero-order valence-corrected chi connectivity index (χ0v) is 12.3. The Morgan fingerprint density at radius 2 is 2.09 bits per heavy atom. The monoisotopic (exact) mass is 294 g/mol. The van der Waals surface area contributed by atoms with Crippen molar-refractivity contribution < 1.29 is 4.42 Å². The smallest absolute Gasteiger partial charge is 0.228 e. The highest BCUT2D eigenvalue weighted by atomic mass is 16.3. The van der Waals surface area contributed by atoms with Crippen LogP contribution in [0.3, 0.4) is 0 Å². The molecule has 0 bridgehead atoms. The number of hydrogen-bond acceptors (Lipinski definition) is 5. The maximum Gasteiger partial charge on any atom is 0.228 e. The van der Waals surface area contributed by atoms with Gasteiger partial charge in [-0.05, 0) is 29.8 Å². The molecule has 22 heavy (non-hydrogen) atoms. The lowest BCUT2D eigenvalue weighted by atomic mass is 10.2. The van der Waals surface area contributed by atoms with Gasteiger partial charge in [-0.15, -0.1) is 0 Å². The van der Waals surface area contributed by atoms with E-state index in [0.29, 0.717) is 5.89 Å². The number of aromatic nitrogens is 2. The highest BCUT2D eigenvalue weighted by Gasteiger charge is 2.12. The van der Waals surface area contributed by atoms with Gasteiger partial charge < -0.3 is 9.73 Å². The Morgan fingerprint density at radius 1 is 1.18 bits per heavy atom. The Balaban J connectivity index is 1.60. The molecular weight excluding hydrogens is 276 g/mol. The van der Waals surface area contributed by atoms with Crippen LogP contribution in [0, 0.1) is 0 Å². The molecule has 3 aromatic rings. The van der Waals surface area contributed by atoms with Gasteiger partial charge in [-0.2, -0.15) is 0 Å². The number of fused-ring (bicyclic) bond motifs is 1. The molecule has 4 rings (SSSR count). The maximum atomic E-state index is 5.82. The second-order valence-corrected chi connectivity index (χ2v) is 5.59. The summed E-state index contributed by atoms with van der Waals surface area (Å²) in [5.74, 6) is 0.627. The molecule has 112 valence electrons. The van der Waals surface area contributed by atoms with Crippen LogP contribution in [0.1, 0.15) is 5.56 Å². The van der Waals surface area contributed by atoms with Crippen molar-refractivity contribution in [3.63, 3.8) is 0 Å². The number of oxazole rings is 1. The average Bonchev–Trinajstić information content (AvgIpc) is 3.00. The van der Waals surface area contributed by atoms with Crippen LogP contribution in [0.2, 0.25) is 0 Å². The zero-order valence-electron chi connectivity index (χ0n) is 12.3. The van der Waals surface area contributed by atoms with E-state index in [-0.39, 0.29) is 0 Å². The molecule has 0 atom stereocenters. The van der Waals surface area contributed by atoms with E-state index in [2.05, 4.69) is 32.3 Å². The molecule has 0 unspecified atom stereocenters. The molecule has 0 amide bonds. The fourth-order valence-electron chi connectivity index (χ4n) is 2.81. The molecular formula is C17H18N4O. The standard InChI is InChI=1S/C17H18N4O/c1-2-14(11-19-5-1)17-20-15-10-13(3-4-16(15)22-17)12-21-8-6-18-7-9-21/h1-5,10-11,18H,6-9,12H2. The third-order valence-corrected chi connectivity index (χ3v) is 3.98. The number of nitrogens with zero attached hydrogens (tertiary/aromatic N) is 3. The van der Waals surface area contributed by atoms with Crippen molar-refractivity contribution in [1.82, 2.24) is 20.2 Å². The van der Waals surface area contributed by atoms with Crippen molar-refractivity contribution in [2.45, 2.75) is 6.54 Å². The van der Waals surface area contributed by atoms with Crippen molar-refractivity contribution in [2.24, 2.45) is 0 Å². The Bertz CT molecular complexity index is 763. The first-order valence-corrected chi connectivity index (χ1v) is 7.61. The predicted molar refractivity (Wildman–Crippen MR) is 85.4 cm³/mol. The minimum absolute atomic E-state index is 0.627. The molecule has 3 heterocycles. The van der Waals surface area contributed by atoms with Gasteiger partial charge in [-0.3, -0.25) is 9.88 Å². The third-order valence-electron chi connectivity index (χ3n) is 3.98. The first-order valence-electron chi connectivity index (χ1n) is 7.61. The lowest BCUT2D eigenvalue weighted by Crippen LogP contribution is -2.42. The van der Waals surface area contributed by atoms with Crippen molar-refractivity contribution in [2.75, 3.05) is 26.2 Å². The van der Waals surface area contributed by atoms with Crippen LogP contribution < -0.4 is 5.32 Å². The summed E-state index contributed by atoms with van der Waals surface area (Å²) in [5, 5.41) is 3.38. The van der Waals surface area contributed by atoms with Gasteiger partial charge >= 0.3 is 0 Å². The Labute approximate surface area is 129 Å². The Morgan fingerprint density at radius 3 is 2.91 bits per heavy atom. The Kier molecular flexibility index (Phi) is 3.58. The molecule has 1 aliphatic heterocycles. The van der Waals surface area contributed by atoms with Gasteiger partial charge in [-0.25, -0.2) is 4.98 Å². The molecule has 5 heteroatoms. The number of benzene rings is 1. The lowest BCUT2D eigenvalue weighted by Gasteiger charge is -2.27. The summed E-state index contributed by atoms with van der Waals surface area (Å²) in [7, 11) is 0. The van der Waals surface area contributed by atoms with Gasteiger partial charge in [-0.1, -0.05) is 6.07 Å². The minimum atomic E-state index is 0.627. The van der Waals surface area contributed by atoms with E-state index >= 15 is 0 Å². The topological polar surface area (TPSA) is 54.2 Å². The second-order valence-electron chi connectivity index (χ2n) is 5.59. The molecule has 1 aliphatic rings. The minimum Gasteiger partial charge on any atom is -0.436 e. The van der Waals surface area contributed by atoms with Crippen LogP contribution in [-0.4, -0.2) is 41.0 Å². The first kappa shape index (κ1) is 13.4. The molecule has 5 nitrogen and oxygen atoms in total. The van der Waals surface area contributed by atoms with Crippen LogP contribution in [0.25, 0.3) is 22.6 Å². The van der Waals surface area contributed by atoms with E-state index in [4.69, 9.17) is 4.42 Å². The van der Waals surface area contributed by atoms with Gasteiger partial charge in [0.05, 0.1) is 5.56 Å². The highest BCUT2D eigenvalue weighted by molar-refractivity contribution is 5.76. The van der Waals surface area contributed by atoms with E-state index in [1.807, 2.05) is 18.2 Å². The molecule has 1 N–H and O–H groups in total. The molecule has 1 aromatic carbocycles. The molecule has 2 aromatic heterocycles. The van der Waals surface area contributed by atoms with Crippen LogP contribution >= 0.6 is 0 Å². The number of rotatable bonds is 3. The number of hydrogen-bond donors (Lipinski definition) is 1. The maximum absolute atomic E-state index is 5.82. The van der Waals surface area contributed by atoms with E-state index in [0.717, 1.165) is 49.4 Å². The first-order chi connectivity index (χ1) is 10.9. The van der Waals surface area contributed by atoms with Gasteiger partial charge in [0.1, 0.15) is 5.52 Å². The van der Waals surface area contributed by atoms with E-state index < -0.39 is 0 Å². The van der Waals surface area contributed by atoms with Crippen LogP contribution in [0.4, 0.5) is 0 Å². The normalized spacial score (nSPS) is 16.2. The molecule has 0 radical (unpaired) electrons. The lowest BCUT2D eigenvalue weighted by molar-refractivity contribution is 0.233. The van der Waals surface area contributed by atoms with E-state index in [1.54, 1.807) is 12.4 Å². The molecule has 0 spiro atoms. The summed E-state index contributed by atoms with van der Waals surface area (Å²) in [6.07, 6.45) is 3.52. The van der Waals surface area contributed by atoms with Crippen LogP contribution in [-0.2, 0) is 6.54 Å². The van der Waals surface area contributed by atoms with Crippen LogP contribution in [0.5, 0.6) is 0 Å². The van der Waals surface area contributed by atoms with Gasteiger partial charge in [0.2, 0.25) is 5.89 Å². The number of piperazine rings is 1. The third kappa shape index (κ3) is 2.73. The average molecular weight is 294 g/mol. The summed E-state index contributed by atoms with van der Waals surface area (Å²) >= 11 is 0. The molecule has 0 saturated carbocycles. The highest BCUT2D eigenvalue weighted by Crippen LogP contribution is 2.24. The SMILES string of the molecule is c1cncc(-c2nc3cc(CN4CCNCC4)ccc3o2)c1. The van der Waals surface area contributed by atoms with Gasteiger partial charge in [0, 0.05) is 45.1 Å². The summed E-state index contributed by atoms with van der Waals surface area (Å²) in [4.78, 5) is 11.2. The van der Waals surface area contributed by atoms with Crippen molar-refractivity contribution in [3.8, 4) is 11.5 Å². The number of pyridine rings is 1. The zero-order chi connectivity index (χ0) is 14.8. The largest absolute Gasteiger partial charge is 0.436 e. The molecule has 1 saturated heterocycles. The summed E-state index contributed by atoms with van der Waals surface area (Å²) in [5.41, 5.74) is 3.91. The van der Waals surface area contributed by atoms with Crippen molar-refractivity contribution >= 4 is 11.1 Å². The predicted octanol–water partition coefficient (Wildman–Crippen LogP) is 2.29. The second kappa shape index (κ2) is 5.87. The fraction of sp³-hybridized carbons (Fsp3) is 0.294. The quantitative estimate of drug-likeness (QED) is 0.803. The molecule has 1 fully saturated rings. The van der Waals surface area contributed by atoms with Crippen molar-refractivity contribution in [3.05, 3.63) is 48.3 Å². The molecule has 0 aliphatic carbocycles.